The minimum absolute atomic E-state index is 0.173. The van der Waals surface area contributed by atoms with E-state index in [0.29, 0.717) is 23.8 Å². The van der Waals surface area contributed by atoms with Crippen molar-refractivity contribution in [3.8, 4) is 11.8 Å². The molecule has 1 aliphatic rings. The molecule has 0 radical (unpaired) electrons. The largest absolute Gasteiger partial charge is 0.488 e. The molecule has 0 saturated heterocycles. The molecule has 1 aliphatic carbocycles. The molecule has 4 nitrogen and oxygen atoms in total. The molecule has 0 atom stereocenters. The number of hydrogen-bond donors (Lipinski definition) is 1. The Morgan fingerprint density at radius 2 is 2.16 bits per heavy atom. The zero-order valence-electron chi connectivity index (χ0n) is 10.5. The van der Waals surface area contributed by atoms with Crippen molar-refractivity contribution in [3.05, 3.63) is 36.0 Å². The van der Waals surface area contributed by atoms with Gasteiger partial charge in [0, 0.05) is 11.6 Å². The van der Waals surface area contributed by atoms with Gasteiger partial charge in [-0.2, -0.15) is 5.26 Å². The number of rotatable bonds is 3. The fraction of sp³-hybridized carbons (Fsp3) is 0.333. The Bertz CT molecular complexity index is 641. The monoisotopic (exact) mass is 253 g/mol. The summed E-state index contributed by atoms with van der Waals surface area (Å²) in [7, 11) is 0. The number of hydrogen-bond acceptors (Lipinski definition) is 4. The maximum atomic E-state index is 9.19. The second kappa shape index (κ2) is 4.87. The number of benzene rings is 1. The number of pyridine rings is 1. The van der Waals surface area contributed by atoms with Crippen molar-refractivity contribution in [2.45, 2.75) is 18.9 Å². The van der Waals surface area contributed by atoms with E-state index in [4.69, 9.17) is 10.5 Å². The highest BCUT2D eigenvalue weighted by molar-refractivity contribution is 5.87. The van der Waals surface area contributed by atoms with Crippen LogP contribution in [-0.2, 0) is 0 Å². The normalized spacial score (nSPS) is 21.7. The van der Waals surface area contributed by atoms with E-state index in [-0.39, 0.29) is 6.10 Å². The first kappa shape index (κ1) is 11.9. The van der Waals surface area contributed by atoms with Gasteiger partial charge in [-0.1, -0.05) is 12.1 Å². The van der Waals surface area contributed by atoms with Crippen LogP contribution in [0.15, 0.2) is 30.5 Å². The quantitative estimate of drug-likeness (QED) is 0.910. The lowest BCUT2D eigenvalue weighted by Gasteiger charge is -2.34. The standard InChI is InChI=1S/C15H15N3O/c16-7-10-5-12(6-10)19-15-11(8-17)9-18-14-4-2-1-3-13(14)15/h1-4,9-10,12H,5-7,16H2. The maximum Gasteiger partial charge on any atom is 0.148 e. The highest BCUT2D eigenvalue weighted by atomic mass is 16.5. The van der Waals surface area contributed by atoms with Gasteiger partial charge in [-0.15, -0.1) is 0 Å². The molecule has 0 spiro atoms. The van der Waals surface area contributed by atoms with Crippen LogP contribution in [0.5, 0.6) is 5.75 Å². The summed E-state index contributed by atoms with van der Waals surface area (Å²) < 4.78 is 6.00. The second-order valence-electron chi connectivity index (χ2n) is 4.94. The summed E-state index contributed by atoms with van der Waals surface area (Å²) in [4.78, 5) is 4.27. The minimum Gasteiger partial charge on any atom is -0.488 e. The van der Waals surface area contributed by atoms with Gasteiger partial charge in [-0.3, -0.25) is 4.98 Å². The van der Waals surface area contributed by atoms with Crippen LogP contribution in [0.25, 0.3) is 10.9 Å². The molecule has 0 bridgehead atoms. The first-order valence-corrected chi connectivity index (χ1v) is 6.46. The lowest BCUT2D eigenvalue weighted by atomic mass is 9.82. The van der Waals surface area contributed by atoms with E-state index in [2.05, 4.69) is 11.1 Å². The first-order chi connectivity index (χ1) is 9.31. The number of nitrogens with two attached hydrogens (primary N) is 1. The molecule has 0 unspecified atom stereocenters. The van der Waals surface area contributed by atoms with E-state index in [1.54, 1.807) is 6.20 Å². The average Bonchev–Trinajstić information content (AvgIpc) is 2.42. The van der Waals surface area contributed by atoms with Crippen LogP contribution in [0.1, 0.15) is 18.4 Å². The van der Waals surface area contributed by atoms with Gasteiger partial charge in [0.15, 0.2) is 0 Å². The number of para-hydroxylation sites is 1. The predicted molar refractivity (Wildman–Crippen MR) is 72.7 cm³/mol. The summed E-state index contributed by atoms with van der Waals surface area (Å²) >= 11 is 0. The van der Waals surface area contributed by atoms with E-state index >= 15 is 0 Å². The molecule has 1 aromatic carbocycles. The third kappa shape index (κ3) is 2.13. The van der Waals surface area contributed by atoms with Gasteiger partial charge in [0.1, 0.15) is 17.4 Å². The van der Waals surface area contributed by atoms with Crippen molar-refractivity contribution in [2.75, 3.05) is 6.54 Å². The fourth-order valence-electron chi connectivity index (χ4n) is 2.45. The summed E-state index contributed by atoms with van der Waals surface area (Å²) in [5.74, 6) is 1.22. The van der Waals surface area contributed by atoms with Gasteiger partial charge in [-0.25, -0.2) is 0 Å². The molecular weight excluding hydrogens is 238 g/mol. The zero-order valence-corrected chi connectivity index (χ0v) is 10.5. The number of nitriles is 1. The lowest BCUT2D eigenvalue weighted by Crippen LogP contribution is -2.37. The van der Waals surface area contributed by atoms with Gasteiger partial charge in [0.25, 0.3) is 0 Å². The van der Waals surface area contributed by atoms with E-state index < -0.39 is 0 Å². The number of nitrogens with zero attached hydrogens (tertiary/aromatic N) is 2. The molecule has 0 amide bonds. The third-order valence-corrected chi connectivity index (χ3v) is 3.66. The van der Waals surface area contributed by atoms with Gasteiger partial charge in [-0.05, 0) is 37.4 Å². The van der Waals surface area contributed by atoms with Crippen molar-refractivity contribution in [1.82, 2.24) is 4.98 Å². The summed E-state index contributed by atoms with van der Waals surface area (Å²) in [5, 5.41) is 10.1. The topological polar surface area (TPSA) is 71.9 Å². The Kier molecular flexibility index (Phi) is 3.06. The van der Waals surface area contributed by atoms with Gasteiger partial charge >= 0.3 is 0 Å². The molecule has 1 saturated carbocycles. The number of aromatic nitrogens is 1. The van der Waals surface area contributed by atoms with Crippen molar-refractivity contribution < 1.29 is 4.74 Å². The Balaban J connectivity index is 1.95. The zero-order chi connectivity index (χ0) is 13.2. The highest BCUT2D eigenvalue weighted by Gasteiger charge is 2.30. The van der Waals surface area contributed by atoms with Crippen LogP contribution in [0.4, 0.5) is 0 Å². The summed E-state index contributed by atoms with van der Waals surface area (Å²) in [5.41, 5.74) is 6.97. The molecule has 4 heteroatoms. The summed E-state index contributed by atoms with van der Waals surface area (Å²) in [6.45, 7) is 0.710. The number of ether oxygens (including phenoxy) is 1. The average molecular weight is 253 g/mol. The predicted octanol–water partition coefficient (Wildman–Crippen LogP) is 2.22. The molecule has 2 N–H and O–H groups in total. The number of fused-ring (bicyclic) bond motifs is 1. The van der Waals surface area contributed by atoms with Crippen molar-refractivity contribution in [2.24, 2.45) is 11.7 Å². The maximum absolute atomic E-state index is 9.19. The van der Waals surface area contributed by atoms with Gasteiger partial charge in [0.2, 0.25) is 0 Å². The third-order valence-electron chi connectivity index (χ3n) is 3.66. The summed E-state index contributed by atoms with van der Waals surface area (Å²) in [6.07, 6.45) is 3.69. The van der Waals surface area contributed by atoms with Crippen LogP contribution in [0.2, 0.25) is 0 Å². The minimum atomic E-state index is 0.173. The van der Waals surface area contributed by atoms with E-state index in [1.807, 2.05) is 24.3 Å². The SMILES string of the molecule is N#Cc1cnc2ccccc2c1OC1CC(CN)C1. The van der Waals surface area contributed by atoms with Crippen molar-refractivity contribution >= 4 is 10.9 Å². The highest BCUT2D eigenvalue weighted by Crippen LogP contribution is 2.35. The second-order valence-corrected chi connectivity index (χ2v) is 4.94. The summed E-state index contributed by atoms with van der Waals surface area (Å²) in [6, 6.07) is 9.88. The van der Waals surface area contributed by atoms with Crippen molar-refractivity contribution in [1.29, 1.82) is 5.26 Å². The van der Waals surface area contributed by atoms with Crippen LogP contribution in [0.3, 0.4) is 0 Å². The molecule has 2 aromatic rings. The van der Waals surface area contributed by atoms with Crippen LogP contribution >= 0.6 is 0 Å². The fourth-order valence-corrected chi connectivity index (χ4v) is 2.45. The van der Waals surface area contributed by atoms with E-state index in [9.17, 15) is 5.26 Å². The molecule has 1 heterocycles. The van der Waals surface area contributed by atoms with Crippen molar-refractivity contribution in [3.63, 3.8) is 0 Å². The molecule has 0 aliphatic heterocycles. The van der Waals surface area contributed by atoms with Crippen LogP contribution < -0.4 is 10.5 Å². The van der Waals surface area contributed by atoms with Gasteiger partial charge < -0.3 is 10.5 Å². The van der Waals surface area contributed by atoms with Gasteiger partial charge in [0.05, 0.1) is 11.6 Å². The smallest absolute Gasteiger partial charge is 0.148 e. The lowest BCUT2D eigenvalue weighted by molar-refractivity contribution is 0.0701. The molecule has 3 rings (SSSR count). The van der Waals surface area contributed by atoms with Crippen LogP contribution in [0, 0.1) is 17.2 Å². The van der Waals surface area contributed by atoms with E-state index in [1.165, 1.54) is 0 Å². The first-order valence-electron chi connectivity index (χ1n) is 6.46. The molecule has 1 aromatic heterocycles. The Hall–Kier alpha value is -2.12. The molecule has 1 fully saturated rings. The Morgan fingerprint density at radius 1 is 1.37 bits per heavy atom. The van der Waals surface area contributed by atoms with Crippen LogP contribution in [-0.4, -0.2) is 17.6 Å². The molecule has 96 valence electrons. The molecular formula is C15H15N3O. The Labute approximate surface area is 111 Å². The van der Waals surface area contributed by atoms with E-state index in [0.717, 1.165) is 23.7 Å². The Morgan fingerprint density at radius 3 is 2.89 bits per heavy atom. The molecule has 19 heavy (non-hydrogen) atoms.